The maximum absolute atomic E-state index is 3.64. The van der Waals surface area contributed by atoms with Crippen molar-refractivity contribution in [2.45, 2.75) is 6.92 Å². The van der Waals surface area contributed by atoms with E-state index < -0.39 is 0 Å². The Balaban J connectivity index is 2.98. The Morgan fingerprint density at radius 3 is 2.57 bits per heavy atom. The quantitative estimate of drug-likeness (QED) is 0.521. The summed E-state index contributed by atoms with van der Waals surface area (Å²) in [7, 11) is 1.94. The van der Waals surface area contributed by atoms with Crippen LogP contribution in [-0.4, -0.2) is 13.6 Å². The highest BCUT2D eigenvalue weighted by Gasteiger charge is 1.88. The van der Waals surface area contributed by atoms with Gasteiger partial charge in [0.1, 0.15) is 0 Å². The predicted octanol–water partition coefficient (Wildman–Crippen LogP) is 1.03. The fraction of sp³-hybridized carbons (Fsp3) is 0.667. The maximum atomic E-state index is 3.64. The topological polar surface area (TPSA) is 12.0 Å². The molecule has 0 amide bonds. The van der Waals surface area contributed by atoms with Crippen LogP contribution in [0, 0.1) is 5.92 Å². The highest BCUT2D eigenvalue weighted by atomic mass is 14.8. The zero-order chi connectivity index (χ0) is 5.70. The lowest BCUT2D eigenvalue weighted by molar-refractivity contribution is 0.651. The van der Waals surface area contributed by atoms with Crippen molar-refractivity contribution in [3.05, 3.63) is 12.7 Å². The third kappa shape index (κ3) is 3.53. The van der Waals surface area contributed by atoms with E-state index in [1.807, 2.05) is 13.1 Å². The van der Waals surface area contributed by atoms with E-state index in [0.29, 0.717) is 5.92 Å². The summed E-state index contributed by atoms with van der Waals surface area (Å²) >= 11 is 0. The fourth-order valence-corrected chi connectivity index (χ4v) is 0.405. The van der Waals surface area contributed by atoms with Crippen LogP contribution in [0.25, 0.3) is 0 Å². The summed E-state index contributed by atoms with van der Waals surface area (Å²) in [4.78, 5) is 0. The number of nitrogens with one attached hydrogen (secondary N) is 1. The lowest BCUT2D eigenvalue weighted by Gasteiger charge is -2.00. The van der Waals surface area contributed by atoms with E-state index in [1.54, 1.807) is 0 Å². The van der Waals surface area contributed by atoms with E-state index in [2.05, 4.69) is 18.8 Å². The lowest BCUT2D eigenvalue weighted by Crippen LogP contribution is -2.13. The van der Waals surface area contributed by atoms with Crippen LogP contribution in [0.1, 0.15) is 6.92 Å². The molecule has 0 bridgehead atoms. The highest BCUT2D eigenvalue weighted by Crippen LogP contribution is 1.89. The molecule has 1 N–H and O–H groups in total. The first kappa shape index (κ1) is 6.70. The van der Waals surface area contributed by atoms with Crippen molar-refractivity contribution in [3.63, 3.8) is 0 Å². The molecule has 0 aliphatic heterocycles. The van der Waals surface area contributed by atoms with Crippen LogP contribution in [0.5, 0.6) is 0 Å². The van der Waals surface area contributed by atoms with Gasteiger partial charge in [-0.25, -0.2) is 0 Å². The van der Waals surface area contributed by atoms with Gasteiger partial charge in [-0.05, 0) is 13.0 Å². The third-order valence-corrected chi connectivity index (χ3v) is 0.928. The number of hydrogen-bond acceptors (Lipinski definition) is 1. The van der Waals surface area contributed by atoms with Gasteiger partial charge in [-0.1, -0.05) is 13.0 Å². The van der Waals surface area contributed by atoms with Gasteiger partial charge < -0.3 is 5.32 Å². The molecule has 0 aromatic carbocycles. The molecule has 1 nitrogen and oxygen atoms in total. The molecule has 0 aromatic heterocycles. The minimum atomic E-state index is 0.602. The molecule has 1 atom stereocenters. The number of hydrogen-bond donors (Lipinski definition) is 1. The monoisotopic (exact) mass is 99.1 g/mol. The molecule has 0 fully saturated rings. The van der Waals surface area contributed by atoms with Crippen LogP contribution in [0.2, 0.25) is 0 Å². The molecule has 7 heavy (non-hydrogen) atoms. The van der Waals surface area contributed by atoms with Crippen LogP contribution < -0.4 is 5.32 Å². The van der Waals surface area contributed by atoms with Crippen molar-refractivity contribution in [2.75, 3.05) is 13.6 Å². The summed E-state index contributed by atoms with van der Waals surface area (Å²) in [5.74, 6) is 0.602. The maximum Gasteiger partial charge on any atom is 0.000840 e. The lowest BCUT2D eigenvalue weighted by atomic mass is 10.2. The van der Waals surface area contributed by atoms with Crippen molar-refractivity contribution in [1.29, 1.82) is 0 Å². The Bertz CT molecular complexity index is 50.1. The van der Waals surface area contributed by atoms with Crippen LogP contribution in [0.4, 0.5) is 0 Å². The van der Waals surface area contributed by atoms with E-state index >= 15 is 0 Å². The van der Waals surface area contributed by atoms with E-state index in [4.69, 9.17) is 0 Å². The molecule has 0 aliphatic rings. The fourth-order valence-electron chi connectivity index (χ4n) is 0.405. The van der Waals surface area contributed by atoms with Crippen molar-refractivity contribution in [1.82, 2.24) is 5.32 Å². The zero-order valence-corrected chi connectivity index (χ0v) is 5.07. The summed E-state index contributed by atoms with van der Waals surface area (Å²) in [6.07, 6.45) is 1.94. The predicted molar refractivity (Wildman–Crippen MR) is 33.3 cm³/mol. The van der Waals surface area contributed by atoms with Gasteiger partial charge in [0.25, 0.3) is 0 Å². The molecule has 42 valence electrons. The largest absolute Gasteiger partial charge is 0.319 e. The van der Waals surface area contributed by atoms with Crippen molar-refractivity contribution >= 4 is 0 Å². The van der Waals surface area contributed by atoms with E-state index in [1.165, 1.54) is 0 Å². The minimum Gasteiger partial charge on any atom is -0.319 e. The Morgan fingerprint density at radius 1 is 1.86 bits per heavy atom. The highest BCUT2D eigenvalue weighted by molar-refractivity contribution is 4.75. The first-order chi connectivity index (χ1) is 3.31. The van der Waals surface area contributed by atoms with Crippen molar-refractivity contribution in [2.24, 2.45) is 5.92 Å². The van der Waals surface area contributed by atoms with Gasteiger partial charge >= 0.3 is 0 Å². The summed E-state index contributed by atoms with van der Waals surface area (Å²) in [6.45, 7) is 6.80. The molecular weight excluding hydrogens is 86.1 g/mol. The van der Waals surface area contributed by atoms with Gasteiger partial charge in [-0.3, -0.25) is 0 Å². The smallest absolute Gasteiger partial charge is 0.000840 e. The van der Waals surface area contributed by atoms with E-state index in [9.17, 15) is 0 Å². The summed E-state index contributed by atoms with van der Waals surface area (Å²) in [5.41, 5.74) is 0. The molecule has 0 radical (unpaired) electrons. The Kier molecular flexibility index (Phi) is 3.71. The molecular formula is C6H13N. The molecule has 1 unspecified atom stereocenters. The van der Waals surface area contributed by atoms with Crippen LogP contribution in [0.3, 0.4) is 0 Å². The van der Waals surface area contributed by atoms with Crippen molar-refractivity contribution in [3.8, 4) is 0 Å². The average molecular weight is 99.2 g/mol. The molecule has 0 saturated heterocycles. The summed E-state index contributed by atoms with van der Waals surface area (Å²) < 4.78 is 0. The molecule has 0 saturated carbocycles. The van der Waals surface area contributed by atoms with Gasteiger partial charge in [0.2, 0.25) is 0 Å². The Labute approximate surface area is 45.4 Å². The molecule has 0 aliphatic carbocycles. The van der Waals surface area contributed by atoms with Gasteiger partial charge in [-0.2, -0.15) is 0 Å². The van der Waals surface area contributed by atoms with Crippen LogP contribution >= 0.6 is 0 Å². The normalized spacial score (nSPS) is 13.4. The summed E-state index contributed by atoms with van der Waals surface area (Å²) in [6, 6.07) is 0. The minimum absolute atomic E-state index is 0.602. The number of rotatable bonds is 3. The second-order valence-electron chi connectivity index (χ2n) is 1.77. The molecule has 1 heteroatoms. The zero-order valence-electron chi connectivity index (χ0n) is 5.07. The molecule has 0 aromatic rings. The Morgan fingerprint density at radius 2 is 2.43 bits per heavy atom. The van der Waals surface area contributed by atoms with Gasteiger partial charge in [0, 0.05) is 6.54 Å². The third-order valence-electron chi connectivity index (χ3n) is 0.928. The van der Waals surface area contributed by atoms with Crippen LogP contribution in [-0.2, 0) is 0 Å². The second-order valence-corrected chi connectivity index (χ2v) is 1.77. The SMILES string of the molecule is C=CC(C)CNC. The van der Waals surface area contributed by atoms with Crippen molar-refractivity contribution < 1.29 is 0 Å². The first-order valence-corrected chi connectivity index (χ1v) is 2.58. The van der Waals surface area contributed by atoms with Crippen LogP contribution in [0.15, 0.2) is 12.7 Å². The summed E-state index contributed by atoms with van der Waals surface area (Å²) in [5, 5.41) is 3.05. The first-order valence-electron chi connectivity index (χ1n) is 2.58. The molecule has 0 spiro atoms. The second kappa shape index (κ2) is 3.88. The molecule has 0 rings (SSSR count). The molecule has 0 heterocycles. The van der Waals surface area contributed by atoms with Gasteiger partial charge in [0.15, 0.2) is 0 Å². The average Bonchev–Trinajstić information content (AvgIpc) is 1.68. The van der Waals surface area contributed by atoms with E-state index in [-0.39, 0.29) is 0 Å². The Hall–Kier alpha value is -0.300. The van der Waals surface area contributed by atoms with Gasteiger partial charge in [0.05, 0.1) is 0 Å². The van der Waals surface area contributed by atoms with E-state index in [0.717, 1.165) is 6.54 Å². The standard InChI is InChI=1S/C6H13N/c1-4-6(2)5-7-3/h4,6-7H,1,5H2,2-3H3. The van der Waals surface area contributed by atoms with Gasteiger partial charge in [-0.15, -0.1) is 6.58 Å².